The van der Waals surface area contributed by atoms with E-state index in [0.717, 1.165) is 11.0 Å². The molecule has 0 spiro atoms. The minimum Gasteiger partial charge on any atom is -0.481 e. The van der Waals surface area contributed by atoms with Gasteiger partial charge in [-0.1, -0.05) is 19.1 Å². The number of carboxylic acids is 1. The van der Waals surface area contributed by atoms with Gasteiger partial charge in [0.1, 0.15) is 5.82 Å². The number of benzene rings is 1. The summed E-state index contributed by atoms with van der Waals surface area (Å²) in [6, 6.07) is 7.57. The third-order valence-corrected chi connectivity index (χ3v) is 3.40. The van der Waals surface area contributed by atoms with E-state index in [1.54, 1.807) is 13.1 Å². The van der Waals surface area contributed by atoms with E-state index in [4.69, 9.17) is 0 Å². The molecular weight excluding hydrogens is 242 g/mol. The summed E-state index contributed by atoms with van der Waals surface area (Å²) in [5.41, 5.74) is 0.818. The van der Waals surface area contributed by atoms with Gasteiger partial charge >= 0.3 is 5.97 Å². The summed E-state index contributed by atoms with van der Waals surface area (Å²) >= 11 is 0. The van der Waals surface area contributed by atoms with E-state index in [-0.39, 0.29) is 0 Å². The Balaban J connectivity index is 2.15. The predicted octanol–water partition coefficient (Wildman–Crippen LogP) is 2.54. The Kier molecular flexibility index (Phi) is 3.64. The Morgan fingerprint density at radius 1 is 1.37 bits per heavy atom. The first kappa shape index (κ1) is 13.3. The molecule has 1 atom stereocenters. The van der Waals surface area contributed by atoms with Crippen LogP contribution in [0.2, 0.25) is 0 Å². The number of aromatic nitrogens is 2. The fourth-order valence-electron chi connectivity index (χ4n) is 1.68. The van der Waals surface area contributed by atoms with Gasteiger partial charge in [-0.05, 0) is 25.5 Å². The molecule has 0 bridgehead atoms. The van der Waals surface area contributed by atoms with Crippen LogP contribution in [0.5, 0.6) is 0 Å². The van der Waals surface area contributed by atoms with E-state index in [1.165, 1.54) is 0 Å². The Morgan fingerprint density at radius 2 is 2.05 bits per heavy atom. The first-order valence-electron chi connectivity index (χ1n) is 6.24. The van der Waals surface area contributed by atoms with Gasteiger partial charge < -0.3 is 10.4 Å². The van der Waals surface area contributed by atoms with Gasteiger partial charge in [0.15, 0.2) is 0 Å². The summed E-state index contributed by atoms with van der Waals surface area (Å²) < 4.78 is 0. The summed E-state index contributed by atoms with van der Waals surface area (Å²) in [5, 5.41) is 12.3. The minimum absolute atomic E-state index is 0.325. The molecular formula is C14H17N3O2. The standard InChI is InChI=1S/C14H17N3O2/c1-3-14(2,13(18)19)9-16-12-8-15-10-6-4-5-7-11(10)17-12/h4-8H,3,9H2,1-2H3,(H,16,17)(H,18,19). The number of fused-ring (bicyclic) bond motifs is 1. The quantitative estimate of drug-likeness (QED) is 0.863. The molecule has 0 saturated heterocycles. The van der Waals surface area contributed by atoms with Crippen LogP contribution in [0.4, 0.5) is 5.82 Å². The van der Waals surface area contributed by atoms with Crippen LogP contribution in [0.1, 0.15) is 20.3 Å². The number of rotatable bonds is 5. The monoisotopic (exact) mass is 259 g/mol. The lowest BCUT2D eigenvalue weighted by Crippen LogP contribution is -2.34. The number of hydrogen-bond donors (Lipinski definition) is 2. The number of nitrogens with one attached hydrogen (secondary N) is 1. The van der Waals surface area contributed by atoms with E-state index < -0.39 is 11.4 Å². The summed E-state index contributed by atoms with van der Waals surface area (Å²) in [4.78, 5) is 19.9. The zero-order valence-corrected chi connectivity index (χ0v) is 11.1. The highest BCUT2D eigenvalue weighted by molar-refractivity contribution is 5.76. The maximum Gasteiger partial charge on any atom is 0.311 e. The summed E-state index contributed by atoms with van der Waals surface area (Å²) in [5.74, 6) is -0.212. The smallest absolute Gasteiger partial charge is 0.311 e. The largest absolute Gasteiger partial charge is 0.481 e. The van der Waals surface area contributed by atoms with Gasteiger partial charge in [-0.25, -0.2) is 4.98 Å². The third-order valence-electron chi connectivity index (χ3n) is 3.40. The molecule has 1 unspecified atom stereocenters. The number of aliphatic carboxylic acids is 1. The first-order chi connectivity index (χ1) is 9.05. The molecule has 1 heterocycles. The summed E-state index contributed by atoms with van der Waals surface area (Å²) in [6.45, 7) is 3.91. The third kappa shape index (κ3) is 2.81. The normalized spacial score (nSPS) is 14.0. The molecule has 5 nitrogen and oxygen atoms in total. The van der Waals surface area contributed by atoms with Gasteiger partial charge in [0.2, 0.25) is 0 Å². The van der Waals surface area contributed by atoms with Gasteiger partial charge in [-0.3, -0.25) is 9.78 Å². The molecule has 100 valence electrons. The second kappa shape index (κ2) is 5.22. The van der Waals surface area contributed by atoms with Gasteiger partial charge in [-0.2, -0.15) is 0 Å². The van der Waals surface area contributed by atoms with E-state index in [9.17, 15) is 9.90 Å². The number of para-hydroxylation sites is 2. The molecule has 0 amide bonds. The highest BCUT2D eigenvalue weighted by Gasteiger charge is 2.30. The summed E-state index contributed by atoms with van der Waals surface area (Å²) in [6.07, 6.45) is 2.18. The van der Waals surface area contributed by atoms with Crippen molar-refractivity contribution in [1.29, 1.82) is 0 Å². The Morgan fingerprint density at radius 3 is 2.68 bits per heavy atom. The van der Waals surface area contributed by atoms with Crippen molar-refractivity contribution in [1.82, 2.24) is 9.97 Å². The Labute approximate surface area is 111 Å². The minimum atomic E-state index is -0.809. The number of nitrogens with zero attached hydrogens (tertiary/aromatic N) is 2. The molecule has 0 radical (unpaired) electrons. The van der Waals surface area contributed by atoms with Crippen molar-refractivity contribution in [2.45, 2.75) is 20.3 Å². The van der Waals surface area contributed by atoms with Crippen LogP contribution in [0, 0.1) is 5.41 Å². The molecule has 2 rings (SSSR count). The van der Waals surface area contributed by atoms with Crippen LogP contribution in [-0.2, 0) is 4.79 Å². The van der Waals surface area contributed by atoms with Crippen molar-refractivity contribution in [2.75, 3.05) is 11.9 Å². The highest BCUT2D eigenvalue weighted by atomic mass is 16.4. The maximum absolute atomic E-state index is 11.2. The second-order valence-corrected chi connectivity index (χ2v) is 4.82. The maximum atomic E-state index is 11.2. The molecule has 0 fully saturated rings. The predicted molar refractivity (Wildman–Crippen MR) is 74.1 cm³/mol. The molecule has 0 aliphatic rings. The van der Waals surface area contributed by atoms with E-state index in [1.807, 2.05) is 31.2 Å². The van der Waals surface area contributed by atoms with Gasteiger partial charge in [0, 0.05) is 6.54 Å². The molecule has 0 aliphatic carbocycles. The van der Waals surface area contributed by atoms with Crippen molar-refractivity contribution >= 4 is 22.8 Å². The van der Waals surface area contributed by atoms with E-state index in [2.05, 4.69) is 15.3 Å². The average Bonchev–Trinajstić information content (AvgIpc) is 2.44. The van der Waals surface area contributed by atoms with Crippen LogP contribution >= 0.6 is 0 Å². The lowest BCUT2D eigenvalue weighted by molar-refractivity contribution is -0.147. The van der Waals surface area contributed by atoms with Crippen LogP contribution in [0.3, 0.4) is 0 Å². The van der Waals surface area contributed by atoms with E-state index in [0.29, 0.717) is 18.8 Å². The van der Waals surface area contributed by atoms with Gasteiger partial charge in [0.25, 0.3) is 0 Å². The molecule has 1 aromatic carbocycles. The molecule has 1 aromatic heterocycles. The number of anilines is 1. The summed E-state index contributed by atoms with van der Waals surface area (Å²) in [7, 11) is 0. The first-order valence-corrected chi connectivity index (χ1v) is 6.24. The molecule has 0 saturated carbocycles. The van der Waals surface area contributed by atoms with Crippen molar-refractivity contribution in [3.8, 4) is 0 Å². The van der Waals surface area contributed by atoms with Crippen LogP contribution in [-0.4, -0.2) is 27.6 Å². The molecule has 2 N–H and O–H groups in total. The second-order valence-electron chi connectivity index (χ2n) is 4.82. The SMILES string of the molecule is CCC(C)(CNc1cnc2ccccc2n1)C(=O)O. The Bertz CT molecular complexity index is 600. The molecule has 2 aromatic rings. The number of carboxylic acid groups (broad SMARTS) is 1. The van der Waals surface area contributed by atoms with Crippen LogP contribution < -0.4 is 5.32 Å². The average molecular weight is 259 g/mol. The number of hydrogen-bond acceptors (Lipinski definition) is 4. The Hall–Kier alpha value is -2.17. The van der Waals surface area contributed by atoms with Crippen molar-refractivity contribution in [2.24, 2.45) is 5.41 Å². The van der Waals surface area contributed by atoms with Crippen LogP contribution in [0.25, 0.3) is 11.0 Å². The van der Waals surface area contributed by atoms with Crippen molar-refractivity contribution in [3.63, 3.8) is 0 Å². The zero-order valence-electron chi connectivity index (χ0n) is 11.1. The number of carbonyl (C=O) groups is 1. The topological polar surface area (TPSA) is 75.1 Å². The molecule has 0 aliphatic heterocycles. The lowest BCUT2D eigenvalue weighted by Gasteiger charge is -2.23. The fourth-order valence-corrected chi connectivity index (χ4v) is 1.68. The molecule has 19 heavy (non-hydrogen) atoms. The van der Waals surface area contributed by atoms with Gasteiger partial charge in [-0.15, -0.1) is 0 Å². The fraction of sp³-hybridized carbons (Fsp3) is 0.357. The van der Waals surface area contributed by atoms with Gasteiger partial charge in [0.05, 0.1) is 22.6 Å². The van der Waals surface area contributed by atoms with Crippen molar-refractivity contribution in [3.05, 3.63) is 30.5 Å². The highest BCUT2D eigenvalue weighted by Crippen LogP contribution is 2.22. The molecule has 5 heteroatoms. The van der Waals surface area contributed by atoms with Crippen LogP contribution in [0.15, 0.2) is 30.5 Å². The van der Waals surface area contributed by atoms with E-state index >= 15 is 0 Å². The van der Waals surface area contributed by atoms with Crippen molar-refractivity contribution < 1.29 is 9.90 Å². The zero-order chi connectivity index (χ0) is 13.9. The lowest BCUT2D eigenvalue weighted by atomic mass is 9.88.